The molecular weight excluding hydrogens is 356 g/mol. The molecule has 1 aliphatic heterocycles. The summed E-state index contributed by atoms with van der Waals surface area (Å²) in [5.74, 6) is 1.22. The number of fused-ring (bicyclic) bond motifs is 2. The fourth-order valence-electron chi connectivity index (χ4n) is 3.75. The van der Waals surface area contributed by atoms with Crippen molar-refractivity contribution in [3.05, 3.63) is 40.7 Å². The normalized spacial score (nSPS) is 15.4. The van der Waals surface area contributed by atoms with Crippen LogP contribution < -0.4 is 14.8 Å². The second kappa shape index (κ2) is 6.82. The highest BCUT2D eigenvalue weighted by atomic mass is 16.5. The van der Waals surface area contributed by atoms with Crippen LogP contribution in [0.5, 0.6) is 11.5 Å². The van der Waals surface area contributed by atoms with Crippen molar-refractivity contribution in [2.75, 3.05) is 11.9 Å². The Morgan fingerprint density at radius 2 is 2.14 bits per heavy atom. The molecule has 7 heteroatoms. The number of nitrogens with one attached hydrogen (secondary N) is 1. The number of carbonyl (C=O) groups excluding carboxylic acids is 1. The van der Waals surface area contributed by atoms with E-state index >= 15 is 0 Å². The Hall–Kier alpha value is -3.09. The fourth-order valence-corrected chi connectivity index (χ4v) is 3.75. The Balaban J connectivity index is 1.75. The van der Waals surface area contributed by atoms with Crippen molar-refractivity contribution in [1.29, 1.82) is 0 Å². The van der Waals surface area contributed by atoms with Crippen LogP contribution in [0.2, 0.25) is 0 Å². The van der Waals surface area contributed by atoms with Gasteiger partial charge in [0.05, 0.1) is 28.9 Å². The lowest BCUT2D eigenvalue weighted by Crippen LogP contribution is -2.14. The SMILES string of the molecule is CCOc1cc2c(cc1NC(=O)c1cc(C)nc3c1c(C)nn3C)OC(C)C2. The van der Waals surface area contributed by atoms with E-state index in [0.717, 1.165) is 34.5 Å². The Morgan fingerprint density at radius 3 is 2.89 bits per heavy atom. The molecular formula is C21H24N4O3. The first-order valence-electron chi connectivity index (χ1n) is 9.46. The van der Waals surface area contributed by atoms with Crippen LogP contribution in [0.3, 0.4) is 0 Å². The summed E-state index contributed by atoms with van der Waals surface area (Å²) in [5.41, 5.74) is 4.47. The van der Waals surface area contributed by atoms with E-state index in [1.165, 1.54) is 0 Å². The number of anilines is 1. The number of pyridine rings is 1. The number of ether oxygens (including phenoxy) is 2. The lowest BCUT2D eigenvalue weighted by molar-refractivity contribution is 0.102. The molecule has 0 fully saturated rings. The lowest BCUT2D eigenvalue weighted by Gasteiger charge is -2.14. The van der Waals surface area contributed by atoms with Gasteiger partial charge in [0.25, 0.3) is 5.91 Å². The predicted octanol–water partition coefficient (Wildman–Crippen LogP) is 3.56. The molecule has 1 unspecified atom stereocenters. The number of carbonyl (C=O) groups is 1. The van der Waals surface area contributed by atoms with E-state index in [1.54, 1.807) is 10.7 Å². The number of nitrogens with zero attached hydrogens (tertiary/aromatic N) is 3. The summed E-state index contributed by atoms with van der Waals surface area (Å²) in [5, 5.41) is 8.18. The molecule has 28 heavy (non-hydrogen) atoms. The van der Waals surface area contributed by atoms with E-state index < -0.39 is 0 Å². The van der Waals surface area contributed by atoms with Gasteiger partial charge in [-0.25, -0.2) is 4.98 Å². The molecule has 0 spiro atoms. The van der Waals surface area contributed by atoms with E-state index in [9.17, 15) is 4.79 Å². The molecule has 146 valence electrons. The fraction of sp³-hybridized carbons (Fsp3) is 0.381. The summed E-state index contributed by atoms with van der Waals surface area (Å²) in [6.45, 7) is 8.21. The first-order valence-corrected chi connectivity index (χ1v) is 9.46. The average Bonchev–Trinajstić information content (AvgIpc) is 3.13. The second-order valence-corrected chi connectivity index (χ2v) is 7.19. The zero-order valence-electron chi connectivity index (χ0n) is 16.8. The number of rotatable bonds is 4. The van der Waals surface area contributed by atoms with Crippen molar-refractivity contribution in [1.82, 2.24) is 14.8 Å². The summed E-state index contributed by atoms with van der Waals surface area (Å²) in [7, 11) is 1.83. The van der Waals surface area contributed by atoms with Gasteiger partial charge >= 0.3 is 0 Å². The van der Waals surface area contributed by atoms with Crippen molar-refractivity contribution in [2.24, 2.45) is 7.05 Å². The molecule has 1 amide bonds. The highest BCUT2D eigenvalue weighted by Crippen LogP contribution is 2.38. The maximum atomic E-state index is 13.2. The van der Waals surface area contributed by atoms with Gasteiger partial charge in [-0.15, -0.1) is 0 Å². The molecule has 1 atom stereocenters. The van der Waals surface area contributed by atoms with Crippen LogP contribution in [-0.4, -0.2) is 33.4 Å². The van der Waals surface area contributed by atoms with E-state index in [-0.39, 0.29) is 12.0 Å². The molecule has 4 rings (SSSR count). The quantitative estimate of drug-likeness (QED) is 0.749. The molecule has 3 aromatic rings. The van der Waals surface area contributed by atoms with Crippen LogP contribution in [0.25, 0.3) is 11.0 Å². The number of hydrogen-bond acceptors (Lipinski definition) is 5. The van der Waals surface area contributed by atoms with Crippen LogP contribution in [0.1, 0.15) is 41.2 Å². The van der Waals surface area contributed by atoms with Gasteiger partial charge < -0.3 is 14.8 Å². The summed E-state index contributed by atoms with van der Waals surface area (Å²) < 4.78 is 13.3. The molecule has 3 heterocycles. The van der Waals surface area contributed by atoms with Crippen LogP contribution in [0, 0.1) is 13.8 Å². The molecule has 0 saturated heterocycles. The van der Waals surface area contributed by atoms with Gasteiger partial charge in [-0.3, -0.25) is 9.48 Å². The third kappa shape index (κ3) is 3.06. The minimum atomic E-state index is -0.224. The molecule has 7 nitrogen and oxygen atoms in total. The zero-order chi connectivity index (χ0) is 20.0. The molecule has 0 bridgehead atoms. The number of hydrogen-bond donors (Lipinski definition) is 1. The lowest BCUT2D eigenvalue weighted by atomic mass is 10.1. The minimum Gasteiger partial charge on any atom is -0.492 e. The third-order valence-electron chi connectivity index (χ3n) is 4.89. The topological polar surface area (TPSA) is 78.3 Å². The van der Waals surface area contributed by atoms with Gasteiger partial charge in [0.2, 0.25) is 0 Å². The average molecular weight is 380 g/mol. The molecule has 2 aromatic heterocycles. The molecule has 1 N–H and O–H groups in total. The largest absolute Gasteiger partial charge is 0.492 e. The number of benzene rings is 1. The Bertz CT molecular complexity index is 1090. The van der Waals surface area contributed by atoms with Gasteiger partial charge in [-0.1, -0.05) is 0 Å². The van der Waals surface area contributed by atoms with E-state index in [0.29, 0.717) is 29.3 Å². The van der Waals surface area contributed by atoms with Crippen LogP contribution in [-0.2, 0) is 13.5 Å². The zero-order valence-corrected chi connectivity index (χ0v) is 16.8. The second-order valence-electron chi connectivity index (χ2n) is 7.19. The van der Waals surface area contributed by atoms with Gasteiger partial charge in [0.1, 0.15) is 17.6 Å². The van der Waals surface area contributed by atoms with Crippen molar-refractivity contribution in [3.63, 3.8) is 0 Å². The number of aryl methyl sites for hydroxylation is 3. The van der Waals surface area contributed by atoms with Crippen molar-refractivity contribution >= 4 is 22.6 Å². The summed E-state index contributed by atoms with van der Waals surface area (Å²) in [6.07, 6.45) is 0.957. The first kappa shape index (κ1) is 18.3. The molecule has 0 radical (unpaired) electrons. The molecule has 0 saturated carbocycles. The number of aromatic nitrogens is 3. The highest BCUT2D eigenvalue weighted by Gasteiger charge is 2.24. The Kier molecular flexibility index (Phi) is 4.45. The summed E-state index contributed by atoms with van der Waals surface area (Å²) >= 11 is 0. The highest BCUT2D eigenvalue weighted by molar-refractivity contribution is 6.13. The van der Waals surface area contributed by atoms with Crippen LogP contribution in [0.15, 0.2) is 18.2 Å². The minimum absolute atomic E-state index is 0.121. The standard InChI is InChI=1S/C21H24N4O3/c1-6-27-18-9-14-8-12(3)28-17(14)10-16(18)23-21(26)15-7-11(2)22-20-19(15)13(4)24-25(20)5/h7,9-10,12H,6,8H2,1-5H3,(H,23,26). The Labute approximate surface area is 163 Å². The van der Waals surface area contributed by atoms with Gasteiger partial charge in [-0.05, 0) is 39.8 Å². The third-order valence-corrected chi connectivity index (χ3v) is 4.89. The van der Waals surface area contributed by atoms with E-state index in [1.807, 2.05) is 46.9 Å². The van der Waals surface area contributed by atoms with E-state index in [2.05, 4.69) is 15.4 Å². The Morgan fingerprint density at radius 1 is 1.36 bits per heavy atom. The summed E-state index contributed by atoms with van der Waals surface area (Å²) in [4.78, 5) is 17.7. The van der Waals surface area contributed by atoms with Gasteiger partial charge in [0, 0.05) is 30.8 Å². The molecule has 0 aliphatic carbocycles. The molecule has 1 aromatic carbocycles. The maximum absolute atomic E-state index is 13.2. The van der Waals surface area contributed by atoms with Crippen LogP contribution >= 0.6 is 0 Å². The van der Waals surface area contributed by atoms with Gasteiger partial charge in [0.15, 0.2) is 5.65 Å². The monoisotopic (exact) mass is 380 g/mol. The van der Waals surface area contributed by atoms with Crippen molar-refractivity contribution < 1.29 is 14.3 Å². The smallest absolute Gasteiger partial charge is 0.256 e. The van der Waals surface area contributed by atoms with E-state index in [4.69, 9.17) is 9.47 Å². The molecule has 1 aliphatic rings. The maximum Gasteiger partial charge on any atom is 0.256 e. The number of amides is 1. The first-order chi connectivity index (χ1) is 13.4. The van der Waals surface area contributed by atoms with Gasteiger partial charge in [-0.2, -0.15) is 5.10 Å². The predicted molar refractivity (Wildman–Crippen MR) is 107 cm³/mol. The van der Waals surface area contributed by atoms with Crippen molar-refractivity contribution in [2.45, 2.75) is 40.2 Å². The van der Waals surface area contributed by atoms with Crippen molar-refractivity contribution in [3.8, 4) is 11.5 Å². The summed E-state index contributed by atoms with van der Waals surface area (Å²) in [6, 6.07) is 5.60. The van der Waals surface area contributed by atoms with Crippen LogP contribution in [0.4, 0.5) is 5.69 Å².